The Bertz CT molecular complexity index is 291. The molecule has 0 amide bonds. The Morgan fingerprint density at radius 1 is 1.43 bits per heavy atom. The minimum atomic E-state index is 0.860. The molecule has 0 aromatic carbocycles. The molecule has 76 valence electrons. The molecule has 0 unspecified atom stereocenters. The molecule has 0 aliphatic heterocycles. The number of rotatable bonds is 6. The fourth-order valence-electron chi connectivity index (χ4n) is 1.36. The van der Waals surface area contributed by atoms with Crippen LogP contribution in [0.3, 0.4) is 0 Å². The number of H-pyrrole nitrogens is 1. The molecular weight excluding hydrogens is 174 g/mol. The van der Waals surface area contributed by atoms with Gasteiger partial charge in [-0.3, -0.25) is 4.90 Å². The highest BCUT2D eigenvalue weighted by molar-refractivity contribution is 5.00. The lowest BCUT2D eigenvalue weighted by atomic mass is 10.4. The van der Waals surface area contributed by atoms with Crippen LogP contribution in [-0.4, -0.2) is 28.0 Å². The second-order valence-corrected chi connectivity index (χ2v) is 3.27. The number of aryl methyl sites for hydroxylation is 1. The molecule has 1 rings (SSSR count). The van der Waals surface area contributed by atoms with Crippen molar-refractivity contribution in [2.75, 3.05) is 13.1 Å². The van der Waals surface area contributed by atoms with Gasteiger partial charge in [-0.1, -0.05) is 12.2 Å². The van der Waals surface area contributed by atoms with Gasteiger partial charge in [-0.05, 0) is 6.92 Å². The molecule has 1 aromatic heterocycles. The predicted octanol–water partition coefficient (Wildman–Crippen LogP) is 1.89. The van der Waals surface area contributed by atoms with Crippen LogP contribution in [0.4, 0.5) is 0 Å². The van der Waals surface area contributed by atoms with Crippen molar-refractivity contribution < 1.29 is 0 Å². The van der Waals surface area contributed by atoms with E-state index in [9.17, 15) is 0 Å². The molecule has 0 radical (unpaired) electrons. The highest BCUT2D eigenvalue weighted by Gasteiger charge is 2.03. The third kappa shape index (κ3) is 3.18. The molecule has 1 N–H and O–H groups in total. The third-order valence-corrected chi connectivity index (χ3v) is 1.92. The van der Waals surface area contributed by atoms with Crippen LogP contribution >= 0.6 is 0 Å². The summed E-state index contributed by atoms with van der Waals surface area (Å²) in [6.07, 6.45) is 5.66. The summed E-state index contributed by atoms with van der Waals surface area (Å²) in [5.74, 6) is 0.956. The Morgan fingerprint density at radius 2 is 2.07 bits per heavy atom. The van der Waals surface area contributed by atoms with Gasteiger partial charge >= 0.3 is 0 Å². The molecule has 0 aliphatic carbocycles. The molecule has 0 bridgehead atoms. The summed E-state index contributed by atoms with van der Waals surface area (Å²) in [5, 5.41) is 0. The number of aromatic amines is 1. The number of nitrogens with one attached hydrogen (secondary N) is 1. The molecular formula is C11H17N3. The van der Waals surface area contributed by atoms with Crippen molar-refractivity contribution in [3.8, 4) is 0 Å². The normalized spacial score (nSPS) is 10.4. The van der Waals surface area contributed by atoms with E-state index >= 15 is 0 Å². The summed E-state index contributed by atoms with van der Waals surface area (Å²) in [6.45, 7) is 12.0. The van der Waals surface area contributed by atoms with Crippen LogP contribution < -0.4 is 0 Å². The molecule has 0 fully saturated rings. The van der Waals surface area contributed by atoms with Crippen LogP contribution in [0.25, 0.3) is 0 Å². The average Bonchev–Trinajstić information content (AvgIpc) is 2.52. The lowest BCUT2D eigenvalue weighted by Gasteiger charge is -2.17. The van der Waals surface area contributed by atoms with Gasteiger partial charge in [-0.25, -0.2) is 4.98 Å². The Hall–Kier alpha value is -1.35. The maximum atomic E-state index is 4.16. The van der Waals surface area contributed by atoms with E-state index in [0.29, 0.717) is 0 Å². The minimum Gasteiger partial charge on any atom is -0.345 e. The largest absolute Gasteiger partial charge is 0.345 e. The van der Waals surface area contributed by atoms with Gasteiger partial charge in [0.05, 0.1) is 0 Å². The van der Waals surface area contributed by atoms with Gasteiger partial charge in [0.15, 0.2) is 0 Å². The lowest BCUT2D eigenvalue weighted by molar-refractivity contribution is 0.324. The Kier molecular flexibility index (Phi) is 4.13. The highest BCUT2D eigenvalue weighted by Crippen LogP contribution is 2.02. The summed E-state index contributed by atoms with van der Waals surface area (Å²) < 4.78 is 0. The first-order valence-electron chi connectivity index (χ1n) is 4.71. The lowest BCUT2D eigenvalue weighted by Crippen LogP contribution is -2.23. The quantitative estimate of drug-likeness (QED) is 0.696. The van der Waals surface area contributed by atoms with E-state index < -0.39 is 0 Å². The van der Waals surface area contributed by atoms with E-state index in [0.717, 1.165) is 31.2 Å². The highest BCUT2D eigenvalue weighted by atomic mass is 15.1. The van der Waals surface area contributed by atoms with E-state index in [4.69, 9.17) is 0 Å². The first-order chi connectivity index (χ1) is 6.76. The predicted molar refractivity (Wildman–Crippen MR) is 59.0 cm³/mol. The zero-order valence-electron chi connectivity index (χ0n) is 8.66. The second-order valence-electron chi connectivity index (χ2n) is 3.27. The third-order valence-electron chi connectivity index (χ3n) is 1.92. The SMILES string of the molecule is C=CCN(CC=C)Cc1cnc(C)[nH]1. The van der Waals surface area contributed by atoms with Crippen molar-refractivity contribution in [2.45, 2.75) is 13.5 Å². The molecule has 1 heterocycles. The summed E-state index contributed by atoms with van der Waals surface area (Å²) in [4.78, 5) is 9.59. The van der Waals surface area contributed by atoms with E-state index in [-0.39, 0.29) is 0 Å². The molecule has 0 aliphatic rings. The Balaban J connectivity index is 2.53. The molecule has 0 spiro atoms. The van der Waals surface area contributed by atoms with Gasteiger partial charge in [-0.15, -0.1) is 13.2 Å². The number of imidazole rings is 1. The number of hydrogen-bond donors (Lipinski definition) is 1. The molecule has 0 saturated carbocycles. The monoisotopic (exact) mass is 191 g/mol. The average molecular weight is 191 g/mol. The van der Waals surface area contributed by atoms with Crippen LogP contribution in [0, 0.1) is 6.92 Å². The van der Waals surface area contributed by atoms with Gasteiger partial charge in [0.25, 0.3) is 0 Å². The number of nitrogens with zero attached hydrogens (tertiary/aromatic N) is 2. The van der Waals surface area contributed by atoms with Crippen molar-refractivity contribution in [1.29, 1.82) is 0 Å². The summed E-state index contributed by atoms with van der Waals surface area (Å²) in [6, 6.07) is 0. The number of hydrogen-bond acceptors (Lipinski definition) is 2. The Labute approximate surface area is 85.2 Å². The van der Waals surface area contributed by atoms with E-state index in [2.05, 4.69) is 28.0 Å². The van der Waals surface area contributed by atoms with Gasteiger partial charge in [0.1, 0.15) is 5.82 Å². The van der Waals surface area contributed by atoms with Crippen LogP contribution in [-0.2, 0) is 6.54 Å². The smallest absolute Gasteiger partial charge is 0.103 e. The molecule has 0 atom stereocenters. The van der Waals surface area contributed by atoms with Gasteiger partial charge in [0.2, 0.25) is 0 Å². The van der Waals surface area contributed by atoms with Crippen molar-refractivity contribution in [3.63, 3.8) is 0 Å². The number of aromatic nitrogens is 2. The van der Waals surface area contributed by atoms with Gasteiger partial charge < -0.3 is 4.98 Å². The zero-order valence-corrected chi connectivity index (χ0v) is 8.66. The van der Waals surface area contributed by atoms with Crippen molar-refractivity contribution in [3.05, 3.63) is 43.0 Å². The molecule has 1 aromatic rings. The summed E-state index contributed by atoms with van der Waals surface area (Å²) in [5.41, 5.74) is 1.13. The second kappa shape index (κ2) is 5.40. The van der Waals surface area contributed by atoms with Gasteiger partial charge in [0, 0.05) is 31.5 Å². The Morgan fingerprint density at radius 3 is 2.50 bits per heavy atom. The maximum Gasteiger partial charge on any atom is 0.103 e. The van der Waals surface area contributed by atoms with Crippen LogP contribution in [0.5, 0.6) is 0 Å². The maximum absolute atomic E-state index is 4.16. The molecule has 3 nitrogen and oxygen atoms in total. The van der Waals surface area contributed by atoms with Crippen molar-refractivity contribution in [1.82, 2.24) is 14.9 Å². The van der Waals surface area contributed by atoms with Crippen LogP contribution in [0.2, 0.25) is 0 Å². The topological polar surface area (TPSA) is 31.9 Å². The zero-order chi connectivity index (χ0) is 10.4. The summed E-state index contributed by atoms with van der Waals surface area (Å²) >= 11 is 0. The summed E-state index contributed by atoms with van der Waals surface area (Å²) in [7, 11) is 0. The molecule has 14 heavy (non-hydrogen) atoms. The van der Waals surface area contributed by atoms with Crippen molar-refractivity contribution in [2.24, 2.45) is 0 Å². The fourth-order valence-corrected chi connectivity index (χ4v) is 1.36. The van der Waals surface area contributed by atoms with Crippen LogP contribution in [0.1, 0.15) is 11.5 Å². The van der Waals surface area contributed by atoms with E-state index in [1.54, 1.807) is 0 Å². The van der Waals surface area contributed by atoms with Crippen LogP contribution in [0.15, 0.2) is 31.5 Å². The first kappa shape index (κ1) is 10.7. The van der Waals surface area contributed by atoms with E-state index in [1.165, 1.54) is 0 Å². The standard InChI is InChI=1S/C11H17N3/c1-4-6-14(7-5-2)9-11-8-12-10(3)13-11/h4-5,8H,1-2,6-7,9H2,3H3,(H,12,13). The fraction of sp³-hybridized carbons (Fsp3) is 0.364. The minimum absolute atomic E-state index is 0.860. The van der Waals surface area contributed by atoms with Crippen molar-refractivity contribution >= 4 is 0 Å². The van der Waals surface area contributed by atoms with Gasteiger partial charge in [-0.2, -0.15) is 0 Å². The van der Waals surface area contributed by atoms with E-state index in [1.807, 2.05) is 25.3 Å². The molecule has 0 saturated heterocycles. The molecule has 3 heteroatoms. The first-order valence-corrected chi connectivity index (χ1v) is 4.71.